The predicted octanol–water partition coefficient (Wildman–Crippen LogP) is 3.52. The van der Waals surface area contributed by atoms with Crippen molar-refractivity contribution in [1.29, 1.82) is 0 Å². The van der Waals surface area contributed by atoms with E-state index in [0.717, 1.165) is 5.56 Å². The Morgan fingerprint density at radius 1 is 1.12 bits per heavy atom. The van der Waals surface area contributed by atoms with E-state index in [-0.39, 0.29) is 17.9 Å². The van der Waals surface area contributed by atoms with Crippen LogP contribution in [0.5, 0.6) is 0 Å². The number of ether oxygens (including phenoxy) is 1. The van der Waals surface area contributed by atoms with Gasteiger partial charge in [-0.15, -0.1) is 0 Å². The number of benzene rings is 1. The quantitative estimate of drug-likeness (QED) is 0.446. The molecule has 170 valence electrons. The molecule has 0 bridgehead atoms. The molecule has 3 rings (SSSR count). The van der Waals surface area contributed by atoms with Gasteiger partial charge in [0, 0.05) is 39.1 Å². The van der Waals surface area contributed by atoms with E-state index >= 15 is 0 Å². The Labute approximate surface area is 198 Å². The van der Waals surface area contributed by atoms with Gasteiger partial charge >= 0.3 is 6.09 Å². The van der Waals surface area contributed by atoms with Crippen LogP contribution in [0.1, 0.15) is 25.3 Å². The van der Waals surface area contributed by atoms with Crippen molar-refractivity contribution in [3.05, 3.63) is 53.0 Å². The maximum Gasteiger partial charge on any atom is 0.409 e. The van der Waals surface area contributed by atoms with Crippen molar-refractivity contribution >= 4 is 52.3 Å². The zero-order valence-electron chi connectivity index (χ0n) is 18.1. The van der Waals surface area contributed by atoms with Gasteiger partial charge in [-0.1, -0.05) is 66.5 Å². The van der Waals surface area contributed by atoms with Gasteiger partial charge in [0.05, 0.1) is 11.5 Å². The molecule has 0 spiro atoms. The second kappa shape index (κ2) is 11.8. The summed E-state index contributed by atoms with van der Waals surface area (Å²) >= 11 is 6.64. The van der Waals surface area contributed by atoms with Gasteiger partial charge in [-0.2, -0.15) is 0 Å². The first kappa shape index (κ1) is 24.0. The van der Waals surface area contributed by atoms with E-state index in [9.17, 15) is 14.4 Å². The molecule has 1 aromatic rings. The molecule has 3 amide bonds. The highest BCUT2D eigenvalue weighted by Gasteiger charge is 2.31. The summed E-state index contributed by atoms with van der Waals surface area (Å²) < 4.78 is 5.52. The first-order valence-corrected chi connectivity index (χ1v) is 11.9. The first-order chi connectivity index (χ1) is 15.5. The zero-order valence-corrected chi connectivity index (χ0v) is 19.7. The molecular formula is C23H27N3O4S2. The lowest BCUT2D eigenvalue weighted by Crippen LogP contribution is -2.50. The van der Waals surface area contributed by atoms with Crippen LogP contribution >= 0.6 is 24.0 Å². The van der Waals surface area contributed by atoms with Crippen LogP contribution in [0.2, 0.25) is 0 Å². The molecule has 2 aliphatic heterocycles. The number of carbonyl (C=O) groups is 3. The SMILES string of the molecule is CCOC(=O)N1CCN(C(=O)CCCN2C(=O)C(=CC=Cc3ccccc3)SC2=S)CC1. The van der Waals surface area contributed by atoms with Gasteiger partial charge in [-0.25, -0.2) is 4.79 Å². The molecule has 0 radical (unpaired) electrons. The summed E-state index contributed by atoms with van der Waals surface area (Å²) in [5.41, 5.74) is 1.06. The largest absolute Gasteiger partial charge is 0.450 e. The molecule has 0 aromatic heterocycles. The van der Waals surface area contributed by atoms with E-state index in [0.29, 0.717) is 61.4 Å². The van der Waals surface area contributed by atoms with Crippen LogP contribution in [0.25, 0.3) is 6.08 Å². The van der Waals surface area contributed by atoms with Gasteiger partial charge in [-0.05, 0) is 25.0 Å². The summed E-state index contributed by atoms with van der Waals surface area (Å²) in [5.74, 6) is -0.0894. The lowest BCUT2D eigenvalue weighted by atomic mass is 10.2. The Hall–Kier alpha value is -2.65. The van der Waals surface area contributed by atoms with Crippen LogP contribution in [0.15, 0.2) is 47.4 Å². The molecule has 9 heteroatoms. The maximum absolute atomic E-state index is 12.7. The summed E-state index contributed by atoms with van der Waals surface area (Å²) in [6.07, 6.45) is 6.11. The number of rotatable bonds is 7. The van der Waals surface area contributed by atoms with Crippen LogP contribution in [0.4, 0.5) is 4.79 Å². The highest BCUT2D eigenvalue weighted by Crippen LogP contribution is 2.31. The van der Waals surface area contributed by atoms with Crippen LogP contribution in [0.3, 0.4) is 0 Å². The molecule has 0 saturated carbocycles. The van der Waals surface area contributed by atoms with Crippen LogP contribution < -0.4 is 0 Å². The monoisotopic (exact) mass is 473 g/mol. The standard InChI is InChI=1S/C23H27N3O4S2/c1-2-30-22(29)25-16-14-24(15-17-25)20(27)12-7-13-26-21(28)19(32-23(26)31)11-6-10-18-8-4-3-5-9-18/h3-6,8-11H,2,7,12-17H2,1H3. The van der Waals surface area contributed by atoms with Crippen LogP contribution in [-0.4, -0.2) is 76.3 Å². The van der Waals surface area contributed by atoms with Gasteiger partial charge in [0.25, 0.3) is 5.91 Å². The van der Waals surface area contributed by atoms with Crippen molar-refractivity contribution in [2.45, 2.75) is 19.8 Å². The molecule has 2 heterocycles. The summed E-state index contributed by atoms with van der Waals surface area (Å²) in [5, 5.41) is 0. The lowest BCUT2D eigenvalue weighted by Gasteiger charge is -2.34. The summed E-state index contributed by atoms with van der Waals surface area (Å²) in [7, 11) is 0. The van der Waals surface area contributed by atoms with Crippen molar-refractivity contribution in [1.82, 2.24) is 14.7 Å². The number of hydrogen-bond donors (Lipinski definition) is 0. The third-order valence-electron chi connectivity index (χ3n) is 5.14. The second-order valence-electron chi connectivity index (χ2n) is 7.30. The minimum atomic E-state index is -0.333. The van der Waals surface area contributed by atoms with E-state index < -0.39 is 0 Å². The third-order valence-corrected chi connectivity index (χ3v) is 6.54. The number of thiocarbonyl (C=S) groups is 1. The van der Waals surface area contributed by atoms with E-state index in [4.69, 9.17) is 17.0 Å². The number of piperazine rings is 1. The Kier molecular flexibility index (Phi) is 8.87. The molecule has 1 aromatic carbocycles. The summed E-state index contributed by atoms with van der Waals surface area (Å²) in [4.78, 5) is 42.5. The van der Waals surface area contributed by atoms with Crippen molar-refractivity contribution < 1.29 is 19.1 Å². The Balaban J connectivity index is 1.43. The Bertz CT molecular complexity index is 909. The van der Waals surface area contributed by atoms with E-state index in [1.807, 2.05) is 42.5 Å². The van der Waals surface area contributed by atoms with E-state index in [1.54, 1.807) is 27.7 Å². The third kappa shape index (κ3) is 6.43. The Morgan fingerprint density at radius 2 is 1.81 bits per heavy atom. The fourth-order valence-corrected chi connectivity index (χ4v) is 4.68. The highest BCUT2D eigenvalue weighted by molar-refractivity contribution is 8.26. The van der Waals surface area contributed by atoms with Crippen molar-refractivity contribution in [2.24, 2.45) is 0 Å². The predicted molar refractivity (Wildman–Crippen MR) is 130 cm³/mol. The average Bonchev–Trinajstić information content (AvgIpc) is 3.07. The molecular weight excluding hydrogens is 446 g/mol. The number of carbonyl (C=O) groups excluding carboxylic acids is 3. The fourth-order valence-electron chi connectivity index (χ4n) is 3.42. The van der Waals surface area contributed by atoms with Crippen molar-refractivity contribution in [3.63, 3.8) is 0 Å². The minimum Gasteiger partial charge on any atom is -0.450 e. The molecule has 32 heavy (non-hydrogen) atoms. The van der Waals surface area contributed by atoms with Crippen molar-refractivity contribution in [3.8, 4) is 0 Å². The average molecular weight is 474 g/mol. The molecule has 2 aliphatic rings. The summed E-state index contributed by atoms with van der Waals surface area (Å²) in [6, 6.07) is 9.85. The zero-order chi connectivity index (χ0) is 22.9. The van der Waals surface area contributed by atoms with Gasteiger partial charge in [0.1, 0.15) is 4.32 Å². The molecule has 2 fully saturated rings. The van der Waals surface area contributed by atoms with Gasteiger partial charge in [-0.3, -0.25) is 14.5 Å². The van der Waals surface area contributed by atoms with Gasteiger partial charge in [0.15, 0.2) is 0 Å². The van der Waals surface area contributed by atoms with E-state index in [1.165, 1.54) is 11.8 Å². The molecule has 0 atom stereocenters. The summed E-state index contributed by atoms with van der Waals surface area (Å²) in [6.45, 7) is 4.46. The maximum atomic E-state index is 12.7. The van der Waals surface area contributed by atoms with Gasteiger partial charge < -0.3 is 14.5 Å². The number of thioether (sulfide) groups is 1. The first-order valence-electron chi connectivity index (χ1n) is 10.7. The molecule has 7 nitrogen and oxygen atoms in total. The number of allylic oxidation sites excluding steroid dienone is 2. The molecule has 0 unspecified atom stereocenters. The highest BCUT2D eigenvalue weighted by atomic mass is 32.2. The molecule has 0 aliphatic carbocycles. The van der Waals surface area contributed by atoms with Crippen LogP contribution in [0, 0.1) is 0 Å². The van der Waals surface area contributed by atoms with Crippen LogP contribution in [-0.2, 0) is 14.3 Å². The topological polar surface area (TPSA) is 70.2 Å². The second-order valence-corrected chi connectivity index (χ2v) is 8.97. The van der Waals surface area contributed by atoms with Gasteiger partial charge in [0.2, 0.25) is 5.91 Å². The number of amides is 3. The number of nitrogens with zero attached hydrogens (tertiary/aromatic N) is 3. The lowest BCUT2D eigenvalue weighted by molar-refractivity contribution is -0.133. The fraction of sp³-hybridized carbons (Fsp3) is 0.391. The van der Waals surface area contributed by atoms with Crippen molar-refractivity contribution in [2.75, 3.05) is 39.3 Å². The minimum absolute atomic E-state index is 0.0280. The number of hydrogen-bond acceptors (Lipinski definition) is 6. The molecule has 0 N–H and O–H groups in total. The normalized spacial score (nSPS) is 18.2. The Morgan fingerprint density at radius 3 is 2.50 bits per heavy atom. The smallest absolute Gasteiger partial charge is 0.409 e. The van der Waals surface area contributed by atoms with E-state index in [2.05, 4.69) is 0 Å². The molecule has 2 saturated heterocycles.